The number of amides is 2. The third-order valence-electron chi connectivity index (χ3n) is 8.33. The number of carbonyl (C=O) groups is 2. The van der Waals surface area contributed by atoms with Gasteiger partial charge in [-0.1, -0.05) is 36.8 Å². The SMILES string of the molecule is O=C(NC1Cc2ccccc2C1)[C@H]1[C@H](CO)[C@H]2Cn3c(cccc3=O)[C@H]2N1C(=O)C1CCC1. The molecule has 1 aromatic heterocycles. The first-order chi connectivity index (χ1) is 16.1. The smallest absolute Gasteiger partial charge is 0.250 e. The molecule has 4 atom stereocenters. The molecule has 4 aliphatic rings. The second-order valence-corrected chi connectivity index (χ2v) is 10.1. The summed E-state index contributed by atoms with van der Waals surface area (Å²) in [6.45, 7) is 0.235. The number of rotatable bonds is 4. The number of aliphatic hydroxyl groups excluding tert-OH is 1. The monoisotopic (exact) mass is 447 g/mol. The Labute approximate surface area is 192 Å². The summed E-state index contributed by atoms with van der Waals surface area (Å²) in [5.41, 5.74) is 3.18. The molecule has 2 fully saturated rings. The summed E-state index contributed by atoms with van der Waals surface area (Å²) in [6.07, 6.45) is 4.25. The largest absolute Gasteiger partial charge is 0.396 e. The van der Waals surface area contributed by atoms with Crippen LogP contribution in [0.15, 0.2) is 47.3 Å². The fourth-order valence-corrected chi connectivity index (χ4v) is 6.50. The first-order valence-corrected chi connectivity index (χ1v) is 12.1. The van der Waals surface area contributed by atoms with Gasteiger partial charge < -0.3 is 19.9 Å². The van der Waals surface area contributed by atoms with Gasteiger partial charge in [-0.25, -0.2) is 0 Å². The van der Waals surface area contributed by atoms with Crippen molar-refractivity contribution in [1.82, 2.24) is 14.8 Å². The van der Waals surface area contributed by atoms with E-state index in [2.05, 4.69) is 17.4 Å². The van der Waals surface area contributed by atoms with Crippen molar-refractivity contribution in [3.8, 4) is 0 Å². The second-order valence-electron chi connectivity index (χ2n) is 10.1. The van der Waals surface area contributed by atoms with E-state index in [4.69, 9.17) is 0 Å². The maximum absolute atomic E-state index is 13.7. The summed E-state index contributed by atoms with van der Waals surface area (Å²) in [5.74, 6) is -0.808. The van der Waals surface area contributed by atoms with Gasteiger partial charge in [0.05, 0.1) is 6.04 Å². The lowest BCUT2D eigenvalue weighted by Gasteiger charge is -2.36. The zero-order valence-corrected chi connectivity index (χ0v) is 18.5. The van der Waals surface area contributed by atoms with Crippen LogP contribution in [0.5, 0.6) is 0 Å². The van der Waals surface area contributed by atoms with E-state index in [0.717, 1.165) is 37.8 Å². The molecule has 7 nitrogen and oxygen atoms in total. The Kier molecular flexibility index (Phi) is 4.91. The molecule has 1 saturated heterocycles. The molecule has 0 bridgehead atoms. The molecule has 1 aromatic carbocycles. The molecular formula is C26H29N3O4. The van der Waals surface area contributed by atoms with E-state index in [9.17, 15) is 19.5 Å². The van der Waals surface area contributed by atoms with Crippen molar-refractivity contribution in [2.75, 3.05) is 6.61 Å². The van der Waals surface area contributed by atoms with Gasteiger partial charge in [0.25, 0.3) is 5.56 Å². The van der Waals surface area contributed by atoms with Crippen LogP contribution >= 0.6 is 0 Å². The summed E-state index contributed by atoms with van der Waals surface area (Å²) in [6, 6.07) is 12.3. The Morgan fingerprint density at radius 1 is 1.03 bits per heavy atom. The Morgan fingerprint density at radius 2 is 1.76 bits per heavy atom. The van der Waals surface area contributed by atoms with Crippen molar-refractivity contribution in [1.29, 1.82) is 0 Å². The Bertz CT molecular complexity index is 1150. The highest BCUT2D eigenvalue weighted by Crippen LogP contribution is 2.50. The molecule has 0 unspecified atom stereocenters. The zero-order valence-electron chi connectivity index (χ0n) is 18.5. The number of hydrogen-bond donors (Lipinski definition) is 2. The van der Waals surface area contributed by atoms with Gasteiger partial charge in [0.2, 0.25) is 11.8 Å². The first-order valence-electron chi connectivity index (χ1n) is 12.1. The van der Waals surface area contributed by atoms with E-state index < -0.39 is 12.0 Å². The van der Waals surface area contributed by atoms with Gasteiger partial charge in [0, 0.05) is 48.7 Å². The number of hydrogen-bond acceptors (Lipinski definition) is 4. The molecule has 0 radical (unpaired) electrons. The molecule has 7 heteroatoms. The van der Waals surface area contributed by atoms with Crippen LogP contribution in [0.3, 0.4) is 0 Å². The van der Waals surface area contributed by atoms with Crippen LogP contribution in [0.25, 0.3) is 0 Å². The number of pyridine rings is 1. The quantitative estimate of drug-likeness (QED) is 0.742. The predicted octanol–water partition coefficient (Wildman–Crippen LogP) is 1.42. The van der Waals surface area contributed by atoms with Crippen molar-refractivity contribution in [2.45, 2.75) is 56.8 Å². The van der Waals surface area contributed by atoms with Gasteiger partial charge in [0.15, 0.2) is 0 Å². The normalized spacial score (nSPS) is 28.2. The lowest BCUT2D eigenvalue weighted by molar-refractivity contribution is -0.147. The van der Waals surface area contributed by atoms with Crippen LogP contribution in [0.1, 0.15) is 42.1 Å². The fourth-order valence-electron chi connectivity index (χ4n) is 6.50. The molecule has 2 aliphatic carbocycles. The fraction of sp³-hybridized carbons (Fsp3) is 0.500. The molecule has 2 aliphatic heterocycles. The third-order valence-corrected chi connectivity index (χ3v) is 8.33. The van der Waals surface area contributed by atoms with Crippen LogP contribution in [-0.2, 0) is 29.0 Å². The number of nitrogens with zero attached hydrogens (tertiary/aromatic N) is 2. The van der Waals surface area contributed by atoms with E-state index >= 15 is 0 Å². The Balaban J connectivity index is 1.33. The van der Waals surface area contributed by atoms with Crippen molar-refractivity contribution in [3.63, 3.8) is 0 Å². The number of aliphatic hydroxyl groups is 1. The number of likely N-dealkylation sites (tertiary alicyclic amines) is 1. The van der Waals surface area contributed by atoms with E-state index in [1.165, 1.54) is 17.2 Å². The van der Waals surface area contributed by atoms with Gasteiger partial charge in [0.1, 0.15) is 6.04 Å². The molecule has 172 valence electrons. The summed E-state index contributed by atoms with van der Waals surface area (Å²) in [4.78, 5) is 41.6. The first kappa shape index (κ1) is 20.7. The molecule has 33 heavy (non-hydrogen) atoms. The lowest BCUT2D eigenvalue weighted by atomic mass is 9.84. The average molecular weight is 448 g/mol. The van der Waals surface area contributed by atoms with Gasteiger partial charge in [-0.05, 0) is 42.9 Å². The zero-order chi connectivity index (χ0) is 22.7. The molecule has 3 heterocycles. The second kappa shape index (κ2) is 7.83. The van der Waals surface area contributed by atoms with E-state index in [1.54, 1.807) is 15.5 Å². The molecule has 0 spiro atoms. The highest BCUT2D eigenvalue weighted by atomic mass is 16.3. The molecule has 2 N–H and O–H groups in total. The number of fused-ring (bicyclic) bond motifs is 4. The van der Waals surface area contributed by atoms with Crippen LogP contribution in [-0.4, -0.2) is 45.1 Å². The highest BCUT2D eigenvalue weighted by molar-refractivity contribution is 5.90. The molecule has 2 amide bonds. The van der Waals surface area contributed by atoms with Crippen molar-refractivity contribution >= 4 is 11.8 Å². The minimum atomic E-state index is -0.717. The standard InChI is InChI=1S/C26H29N3O4/c30-14-20-19-13-28-21(9-4-10-22(28)31)23(19)29(26(33)15-7-3-8-15)24(20)25(32)27-18-11-16-5-1-2-6-17(16)12-18/h1-2,4-6,9-10,15,18-20,23-24,30H,3,7-8,11-14H2,(H,27,32)/t19-,20-,23+,24-/m1/s1. The van der Waals surface area contributed by atoms with E-state index in [0.29, 0.717) is 6.54 Å². The van der Waals surface area contributed by atoms with Crippen molar-refractivity contribution < 1.29 is 14.7 Å². The minimum absolute atomic E-state index is 0.00758. The van der Waals surface area contributed by atoms with Gasteiger partial charge in [-0.3, -0.25) is 14.4 Å². The predicted molar refractivity (Wildman–Crippen MR) is 121 cm³/mol. The van der Waals surface area contributed by atoms with Crippen LogP contribution in [0, 0.1) is 17.8 Å². The lowest BCUT2D eigenvalue weighted by Crippen LogP contribution is -2.54. The van der Waals surface area contributed by atoms with E-state index in [1.807, 2.05) is 18.2 Å². The van der Waals surface area contributed by atoms with Crippen molar-refractivity contribution in [3.05, 3.63) is 69.6 Å². The maximum atomic E-state index is 13.7. The van der Waals surface area contributed by atoms with Crippen LogP contribution in [0.4, 0.5) is 0 Å². The molecule has 2 aromatic rings. The van der Waals surface area contributed by atoms with Crippen molar-refractivity contribution in [2.24, 2.45) is 17.8 Å². The molecule has 1 saturated carbocycles. The maximum Gasteiger partial charge on any atom is 0.250 e. The number of aromatic nitrogens is 1. The summed E-state index contributed by atoms with van der Waals surface area (Å²) in [7, 11) is 0. The van der Waals surface area contributed by atoms with E-state index in [-0.39, 0.29) is 47.9 Å². The number of carbonyl (C=O) groups excluding carboxylic acids is 2. The topological polar surface area (TPSA) is 91.6 Å². The third kappa shape index (κ3) is 3.16. The van der Waals surface area contributed by atoms with Gasteiger partial charge >= 0.3 is 0 Å². The summed E-state index contributed by atoms with van der Waals surface area (Å²) in [5, 5.41) is 13.6. The Morgan fingerprint density at radius 3 is 2.39 bits per heavy atom. The van der Waals surface area contributed by atoms with Gasteiger partial charge in [-0.2, -0.15) is 0 Å². The van der Waals surface area contributed by atoms with Crippen LogP contribution < -0.4 is 10.9 Å². The number of benzene rings is 1. The summed E-state index contributed by atoms with van der Waals surface area (Å²) < 4.78 is 1.71. The minimum Gasteiger partial charge on any atom is -0.396 e. The molecule has 6 rings (SSSR count). The number of nitrogens with one attached hydrogen (secondary N) is 1. The highest BCUT2D eigenvalue weighted by Gasteiger charge is 2.58. The average Bonchev–Trinajstić information content (AvgIpc) is 3.42. The van der Waals surface area contributed by atoms with Crippen LogP contribution in [0.2, 0.25) is 0 Å². The Hall–Kier alpha value is -2.93. The van der Waals surface area contributed by atoms with Gasteiger partial charge in [-0.15, -0.1) is 0 Å². The molecular weight excluding hydrogens is 418 g/mol. The summed E-state index contributed by atoms with van der Waals surface area (Å²) >= 11 is 0.